The van der Waals surface area contributed by atoms with Gasteiger partial charge in [0.25, 0.3) is 0 Å². The largest absolute Gasteiger partial charge is 0.545 e. The number of benzene rings is 1. The number of rotatable bonds is 2. The van der Waals surface area contributed by atoms with Crippen molar-refractivity contribution in [1.29, 1.82) is 0 Å². The molecular formula is C16H22N2O4. The van der Waals surface area contributed by atoms with E-state index < -0.39 is 11.9 Å². The van der Waals surface area contributed by atoms with Gasteiger partial charge in [-0.15, -0.1) is 0 Å². The van der Waals surface area contributed by atoms with Gasteiger partial charge >= 0.3 is 5.97 Å². The van der Waals surface area contributed by atoms with Crippen LogP contribution in [-0.2, 0) is 0 Å². The average molecular weight is 306 g/mol. The van der Waals surface area contributed by atoms with Gasteiger partial charge in [0.1, 0.15) is 12.6 Å². The number of aryl methyl sites for hydroxylation is 1. The maximum absolute atomic E-state index is 10.6. The molecule has 0 bridgehead atoms. The smallest absolute Gasteiger partial charge is 0.336 e. The number of carbonyl (C=O) groups excluding carboxylic acids is 1. The Balaban J connectivity index is 0.000000235. The van der Waals surface area contributed by atoms with Crippen LogP contribution >= 0.6 is 0 Å². The lowest BCUT2D eigenvalue weighted by molar-refractivity contribution is -0.523. The number of amidine groups is 1. The molecule has 6 heteroatoms. The molecule has 0 spiro atoms. The number of hydrogen-bond donors (Lipinski definition) is 1. The number of carboxylic acids is 2. The van der Waals surface area contributed by atoms with Crippen molar-refractivity contribution in [3.05, 3.63) is 34.9 Å². The van der Waals surface area contributed by atoms with Gasteiger partial charge in [-0.1, -0.05) is 12.1 Å². The van der Waals surface area contributed by atoms with Crippen LogP contribution in [0.15, 0.2) is 18.2 Å². The van der Waals surface area contributed by atoms with E-state index in [0.29, 0.717) is 11.6 Å². The van der Waals surface area contributed by atoms with Gasteiger partial charge in [-0.25, -0.2) is 4.79 Å². The SMILES string of the molecule is CC1=[N+](C)C(C)CN1C.Cc1cccc(C(=O)O)c1C(=O)[O-]. The van der Waals surface area contributed by atoms with Crippen molar-refractivity contribution in [2.75, 3.05) is 20.6 Å². The van der Waals surface area contributed by atoms with Gasteiger partial charge in [0.2, 0.25) is 5.84 Å². The van der Waals surface area contributed by atoms with E-state index in [-0.39, 0.29) is 11.1 Å². The summed E-state index contributed by atoms with van der Waals surface area (Å²) >= 11 is 0. The third kappa shape index (κ3) is 3.84. The summed E-state index contributed by atoms with van der Waals surface area (Å²) in [5.74, 6) is -1.35. The van der Waals surface area contributed by atoms with E-state index in [9.17, 15) is 14.7 Å². The van der Waals surface area contributed by atoms with Gasteiger partial charge in [0, 0.05) is 12.5 Å². The van der Waals surface area contributed by atoms with E-state index in [1.165, 1.54) is 37.5 Å². The monoisotopic (exact) mass is 306 g/mol. The highest BCUT2D eigenvalue weighted by atomic mass is 16.4. The molecular weight excluding hydrogens is 284 g/mol. The predicted octanol–water partition coefficient (Wildman–Crippen LogP) is 0.438. The molecule has 0 fully saturated rings. The maximum Gasteiger partial charge on any atom is 0.336 e. The summed E-state index contributed by atoms with van der Waals surface area (Å²) in [4.78, 5) is 23.4. The molecule has 120 valence electrons. The topological polar surface area (TPSA) is 83.7 Å². The fraction of sp³-hybridized carbons (Fsp3) is 0.438. The van der Waals surface area contributed by atoms with Crippen molar-refractivity contribution in [2.45, 2.75) is 26.8 Å². The Morgan fingerprint density at radius 1 is 1.36 bits per heavy atom. The number of likely N-dealkylation sites (N-methyl/N-ethyl adjacent to an activating group) is 2. The second-order valence-corrected chi connectivity index (χ2v) is 5.48. The van der Waals surface area contributed by atoms with Crippen molar-refractivity contribution in [2.24, 2.45) is 0 Å². The van der Waals surface area contributed by atoms with Gasteiger partial charge in [-0.05, 0) is 25.5 Å². The quantitative estimate of drug-likeness (QED) is 0.802. The second kappa shape index (κ2) is 7.06. The van der Waals surface area contributed by atoms with Crippen molar-refractivity contribution in [3.8, 4) is 0 Å². The molecule has 1 atom stereocenters. The van der Waals surface area contributed by atoms with Gasteiger partial charge < -0.3 is 15.0 Å². The first-order chi connectivity index (χ1) is 10.2. The first-order valence-electron chi connectivity index (χ1n) is 6.98. The number of carbonyl (C=O) groups is 2. The van der Waals surface area contributed by atoms with Crippen LogP contribution < -0.4 is 5.11 Å². The molecule has 1 aliphatic rings. The summed E-state index contributed by atoms with van der Waals surface area (Å²) in [6.45, 7) is 7.09. The maximum atomic E-state index is 10.6. The lowest BCUT2D eigenvalue weighted by atomic mass is 10.0. The Morgan fingerprint density at radius 2 is 1.95 bits per heavy atom. The fourth-order valence-electron chi connectivity index (χ4n) is 2.36. The molecule has 1 N–H and O–H groups in total. The molecule has 1 aromatic carbocycles. The molecule has 1 heterocycles. The van der Waals surface area contributed by atoms with Crippen LogP contribution in [0.2, 0.25) is 0 Å². The van der Waals surface area contributed by atoms with Crippen LogP contribution in [0.4, 0.5) is 0 Å². The van der Waals surface area contributed by atoms with Crippen LogP contribution in [0.3, 0.4) is 0 Å². The molecule has 0 aromatic heterocycles. The van der Waals surface area contributed by atoms with Gasteiger partial charge in [-0.2, -0.15) is 0 Å². The van der Waals surface area contributed by atoms with E-state index in [2.05, 4.69) is 37.4 Å². The number of hydrogen-bond acceptors (Lipinski definition) is 4. The first kappa shape index (κ1) is 17.7. The highest BCUT2D eigenvalue weighted by Gasteiger charge is 2.26. The zero-order valence-corrected chi connectivity index (χ0v) is 13.6. The summed E-state index contributed by atoms with van der Waals surface area (Å²) in [5, 5.41) is 19.2. The van der Waals surface area contributed by atoms with Crippen LogP contribution in [-0.4, -0.2) is 59.0 Å². The third-order valence-electron chi connectivity index (χ3n) is 3.97. The normalized spacial score (nSPS) is 17.1. The molecule has 6 nitrogen and oxygen atoms in total. The molecule has 1 aromatic rings. The standard InChI is InChI=1S/C9H8O4.C7H15N2/c1-5-3-2-4-6(8(10)11)7(5)9(12)13;1-6-5-8(3)7(2)9(6)4/h2-4H,1H3,(H,10,11)(H,12,13);6H,5H2,1-4H3/q;+1/p-1. The lowest BCUT2D eigenvalue weighted by Gasteiger charge is -2.09. The molecule has 1 aliphatic heterocycles. The Bertz CT molecular complexity index is 607. The number of nitrogens with zero attached hydrogens (tertiary/aromatic N) is 2. The molecule has 0 radical (unpaired) electrons. The summed E-state index contributed by atoms with van der Waals surface area (Å²) in [5.41, 5.74) is -0.102. The Labute approximate surface area is 130 Å². The minimum absolute atomic E-state index is 0.236. The molecule has 0 saturated heterocycles. The summed E-state index contributed by atoms with van der Waals surface area (Å²) in [6.07, 6.45) is 0. The third-order valence-corrected chi connectivity index (χ3v) is 3.97. The summed E-state index contributed by atoms with van der Waals surface area (Å²) < 4.78 is 2.31. The van der Waals surface area contributed by atoms with Crippen LogP contribution in [0.5, 0.6) is 0 Å². The van der Waals surface area contributed by atoms with Crippen molar-refractivity contribution in [3.63, 3.8) is 0 Å². The van der Waals surface area contributed by atoms with E-state index >= 15 is 0 Å². The van der Waals surface area contributed by atoms with E-state index in [1.807, 2.05) is 0 Å². The van der Waals surface area contributed by atoms with Crippen LogP contribution in [0.25, 0.3) is 0 Å². The molecule has 2 rings (SSSR count). The minimum atomic E-state index is -1.46. The van der Waals surface area contributed by atoms with Gasteiger partial charge in [-0.3, -0.25) is 9.48 Å². The van der Waals surface area contributed by atoms with Crippen molar-refractivity contribution < 1.29 is 24.4 Å². The molecule has 0 aliphatic carbocycles. The van der Waals surface area contributed by atoms with Crippen molar-refractivity contribution in [1.82, 2.24) is 4.90 Å². The van der Waals surface area contributed by atoms with E-state index in [0.717, 1.165) is 0 Å². The van der Waals surface area contributed by atoms with E-state index in [1.54, 1.807) is 0 Å². The highest BCUT2D eigenvalue weighted by molar-refractivity contribution is 6.01. The van der Waals surface area contributed by atoms with E-state index in [4.69, 9.17) is 5.11 Å². The van der Waals surface area contributed by atoms with Crippen molar-refractivity contribution >= 4 is 17.8 Å². The zero-order valence-electron chi connectivity index (χ0n) is 13.6. The average Bonchev–Trinajstić information content (AvgIpc) is 2.65. The minimum Gasteiger partial charge on any atom is -0.545 e. The number of aromatic carboxylic acids is 2. The summed E-state index contributed by atoms with van der Waals surface area (Å²) in [6, 6.07) is 4.94. The Hall–Kier alpha value is -2.37. The van der Waals surface area contributed by atoms with Gasteiger partial charge in [0.05, 0.1) is 25.6 Å². The zero-order chi connectivity index (χ0) is 17.0. The van der Waals surface area contributed by atoms with Crippen LogP contribution in [0.1, 0.15) is 40.1 Å². The molecule has 22 heavy (non-hydrogen) atoms. The van der Waals surface area contributed by atoms with Crippen LogP contribution in [0, 0.1) is 6.92 Å². The Morgan fingerprint density at radius 3 is 2.23 bits per heavy atom. The predicted molar refractivity (Wildman–Crippen MR) is 81.4 cm³/mol. The highest BCUT2D eigenvalue weighted by Crippen LogP contribution is 2.13. The first-order valence-corrected chi connectivity index (χ1v) is 6.98. The molecule has 1 unspecified atom stereocenters. The summed E-state index contributed by atoms with van der Waals surface area (Å²) in [7, 11) is 4.28. The molecule has 0 saturated carbocycles. The van der Waals surface area contributed by atoms with Gasteiger partial charge in [0.15, 0.2) is 0 Å². The fourth-order valence-corrected chi connectivity index (χ4v) is 2.36. The second-order valence-electron chi connectivity index (χ2n) is 5.48. The lowest BCUT2D eigenvalue weighted by Crippen LogP contribution is -2.26. The Kier molecular flexibility index (Phi) is 5.68. The molecule has 0 amide bonds. The number of carboxylic acid groups (broad SMARTS) is 2.